The Balaban J connectivity index is 1.83. The quantitative estimate of drug-likeness (QED) is 0.586. The lowest BCUT2D eigenvalue weighted by atomic mass is 9.72. The molecule has 1 saturated carbocycles. The van der Waals surface area contributed by atoms with E-state index in [1.165, 1.54) is 19.1 Å². The van der Waals surface area contributed by atoms with Gasteiger partial charge in [-0.2, -0.15) is 0 Å². The van der Waals surface area contributed by atoms with Crippen molar-refractivity contribution in [2.45, 2.75) is 49.0 Å². The molecule has 4 rings (SSSR count). The summed E-state index contributed by atoms with van der Waals surface area (Å²) in [5.74, 6) is -0.541. The second kappa shape index (κ2) is 7.43. The fourth-order valence-corrected chi connectivity index (χ4v) is 7.90. The van der Waals surface area contributed by atoms with E-state index in [2.05, 4.69) is 0 Å². The van der Waals surface area contributed by atoms with Crippen LogP contribution in [-0.4, -0.2) is 38.8 Å². The van der Waals surface area contributed by atoms with Gasteiger partial charge in [-0.3, -0.25) is 0 Å². The van der Waals surface area contributed by atoms with Crippen molar-refractivity contribution in [1.29, 1.82) is 0 Å². The van der Waals surface area contributed by atoms with Gasteiger partial charge in [-0.05, 0) is 56.7 Å². The smallest absolute Gasteiger partial charge is 0.277 e. The van der Waals surface area contributed by atoms with Gasteiger partial charge in [-0.1, -0.05) is 29.9 Å². The lowest BCUT2D eigenvalue weighted by Crippen LogP contribution is -2.41. The molecule has 0 aliphatic heterocycles. The fourth-order valence-electron chi connectivity index (χ4n) is 4.54. The number of aromatic nitrogens is 1. The van der Waals surface area contributed by atoms with Gasteiger partial charge in [-0.25, -0.2) is 25.2 Å². The van der Waals surface area contributed by atoms with Gasteiger partial charge in [0.25, 0.3) is 9.05 Å². The highest BCUT2D eigenvalue weighted by Gasteiger charge is 2.44. The Morgan fingerprint density at radius 2 is 1.90 bits per heavy atom. The molecule has 1 heterocycles. The fraction of sp³-hybridized carbons (Fsp3) is 0.429. The number of para-hydroxylation sites is 1. The summed E-state index contributed by atoms with van der Waals surface area (Å²) >= 11 is 0. The molecule has 2 aromatic rings. The molecule has 2 aliphatic rings. The number of rotatable bonds is 5. The van der Waals surface area contributed by atoms with E-state index in [0.717, 1.165) is 36.1 Å². The first-order valence-corrected chi connectivity index (χ1v) is 13.6. The Morgan fingerprint density at radius 3 is 2.48 bits per heavy atom. The molecule has 2 aliphatic carbocycles. The third-order valence-corrected chi connectivity index (χ3v) is 10.1. The Kier molecular flexibility index (Phi) is 5.40. The molecular formula is C21H23ClFNO5S2. The van der Waals surface area contributed by atoms with Crippen molar-refractivity contribution in [3.8, 4) is 0 Å². The van der Waals surface area contributed by atoms with Crippen molar-refractivity contribution in [2.24, 2.45) is 5.92 Å². The minimum absolute atomic E-state index is 0.131. The van der Waals surface area contributed by atoms with Crippen LogP contribution in [0.3, 0.4) is 0 Å². The highest BCUT2D eigenvalue weighted by molar-refractivity contribution is 8.14. The van der Waals surface area contributed by atoms with Crippen molar-refractivity contribution < 1.29 is 26.0 Å². The summed E-state index contributed by atoms with van der Waals surface area (Å²) in [6.45, 7) is 3.35. The van der Waals surface area contributed by atoms with E-state index >= 15 is 0 Å². The molecule has 1 aromatic carbocycles. The zero-order chi connectivity index (χ0) is 22.8. The van der Waals surface area contributed by atoms with Crippen molar-refractivity contribution in [3.63, 3.8) is 0 Å². The maximum absolute atomic E-state index is 14.7. The average Bonchev–Trinajstić information content (AvgIpc) is 3.04. The molecule has 1 aromatic heterocycles. The highest BCUT2D eigenvalue weighted by Crippen LogP contribution is 2.44. The maximum Gasteiger partial charge on any atom is 0.277 e. The Labute approximate surface area is 185 Å². The molecule has 0 spiro atoms. The predicted octanol–water partition coefficient (Wildman–Crippen LogP) is 4.35. The van der Waals surface area contributed by atoms with Crippen LogP contribution in [0, 0.1) is 11.7 Å². The summed E-state index contributed by atoms with van der Waals surface area (Å²) in [7, 11) is -1.64. The number of benzene rings is 1. The molecular weight excluding hydrogens is 465 g/mol. The molecule has 10 heteroatoms. The Bertz CT molecular complexity index is 1340. The number of allylic oxidation sites excluding steroid dienone is 3. The first kappa shape index (κ1) is 22.5. The minimum Gasteiger partial charge on any atom is -0.381 e. The van der Waals surface area contributed by atoms with E-state index in [1.807, 2.05) is 13.0 Å². The van der Waals surface area contributed by atoms with Crippen LogP contribution >= 0.6 is 10.7 Å². The second-order valence-electron chi connectivity index (χ2n) is 8.40. The van der Waals surface area contributed by atoms with E-state index in [0.29, 0.717) is 9.89 Å². The SMILES string of the molecule is COC1CC(C2=CCC(C)(S(=O)(=O)n3c(S(=O)(=O)Cl)cc4cccc(F)c43)C=C2C)C1. The van der Waals surface area contributed by atoms with Gasteiger partial charge < -0.3 is 4.74 Å². The second-order valence-corrected chi connectivity index (χ2v) is 13.2. The molecule has 0 N–H and O–H groups in total. The van der Waals surface area contributed by atoms with Crippen LogP contribution in [0.4, 0.5) is 4.39 Å². The lowest BCUT2D eigenvalue weighted by Gasteiger charge is -2.39. The van der Waals surface area contributed by atoms with E-state index < -0.39 is 34.7 Å². The standard InChI is InChI=1S/C21H23ClFNO5S2/c1-13-12-21(2,8-7-17(13)15-9-16(10-15)29-3)31(27,28)24-19(30(22,25)26)11-14-5-4-6-18(23)20(14)24/h4-7,11-12,15-16H,8-10H2,1-3H3. The van der Waals surface area contributed by atoms with Crippen LogP contribution in [0.2, 0.25) is 0 Å². The molecule has 0 amide bonds. The zero-order valence-corrected chi connectivity index (χ0v) is 19.7. The summed E-state index contributed by atoms with van der Waals surface area (Å²) in [5, 5.41) is -0.530. The predicted molar refractivity (Wildman–Crippen MR) is 118 cm³/mol. The first-order valence-electron chi connectivity index (χ1n) is 9.81. The third kappa shape index (κ3) is 3.55. The van der Waals surface area contributed by atoms with Crippen LogP contribution in [-0.2, 0) is 23.8 Å². The molecule has 1 atom stereocenters. The number of halogens is 2. The summed E-state index contributed by atoms with van der Waals surface area (Å²) in [6, 6.07) is 5.00. The number of fused-ring (bicyclic) bond motifs is 1. The molecule has 1 fully saturated rings. The van der Waals surface area contributed by atoms with E-state index in [-0.39, 0.29) is 23.4 Å². The van der Waals surface area contributed by atoms with Crippen molar-refractivity contribution in [2.75, 3.05) is 7.11 Å². The summed E-state index contributed by atoms with van der Waals surface area (Å²) in [5.41, 5.74) is 1.56. The molecule has 6 nitrogen and oxygen atoms in total. The molecule has 0 radical (unpaired) electrons. The van der Waals surface area contributed by atoms with Crippen molar-refractivity contribution in [3.05, 3.63) is 53.4 Å². The summed E-state index contributed by atoms with van der Waals surface area (Å²) < 4.78 is 71.1. The largest absolute Gasteiger partial charge is 0.381 e. The number of hydrogen-bond acceptors (Lipinski definition) is 5. The summed E-state index contributed by atoms with van der Waals surface area (Å²) in [4.78, 5) is 0. The number of nitrogens with zero attached hydrogens (tertiary/aromatic N) is 1. The van der Waals surface area contributed by atoms with Gasteiger partial charge in [0.05, 0.1) is 6.10 Å². The van der Waals surface area contributed by atoms with Gasteiger partial charge in [0.15, 0.2) is 5.03 Å². The van der Waals surface area contributed by atoms with Crippen LogP contribution in [0.5, 0.6) is 0 Å². The number of ether oxygens (including phenoxy) is 1. The third-order valence-electron chi connectivity index (χ3n) is 6.35. The normalized spacial score (nSPS) is 27.0. The lowest BCUT2D eigenvalue weighted by molar-refractivity contribution is 0.0134. The van der Waals surface area contributed by atoms with Gasteiger partial charge in [0.1, 0.15) is 16.1 Å². The van der Waals surface area contributed by atoms with Gasteiger partial charge in [0.2, 0.25) is 10.0 Å². The molecule has 0 bridgehead atoms. The van der Waals surface area contributed by atoms with Crippen molar-refractivity contribution in [1.82, 2.24) is 3.97 Å². The topological polar surface area (TPSA) is 82.4 Å². The van der Waals surface area contributed by atoms with E-state index in [4.69, 9.17) is 15.4 Å². The van der Waals surface area contributed by atoms with E-state index in [1.54, 1.807) is 13.2 Å². The van der Waals surface area contributed by atoms with Crippen LogP contribution < -0.4 is 0 Å². The minimum atomic E-state index is -4.46. The van der Waals surface area contributed by atoms with Crippen molar-refractivity contribution >= 4 is 40.7 Å². The van der Waals surface area contributed by atoms with Crippen LogP contribution in [0.25, 0.3) is 10.9 Å². The Morgan fingerprint density at radius 1 is 1.23 bits per heavy atom. The first-order chi connectivity index (χ1) is 14.4. The summed E-state index contributed by atoms with van der Waals surface area (Å²) in [6.07, 6.45) is 5.61. The average molecular weight is 488 g/mol. The van der Waals surface area contributed by atoms with Gasteiger partial charge >= 0.3 is 0 Å². The number of hydrogen-bond donors (Lipinski definition) is 0. The van der Waals surface area contributed by atoms with Crippen LogP contribution in [0.15, 0.2) is 52.6 Å². The van der Waals surface area contributed by atoms with Crippen LogP contribution in [0.1, 0.15) is 33.1 Å². The van der Waals surface area contributed by atoms with E-state index in [9.17, 15) is 21.2 Å². The van der Waals surface area contributed by atoms with Gasteiger partial charge in [0, 0.05) is 23.2 Å². The Hall–Kier alpha value is -1.68. The highest BCUT2D eigenvalue weighted by atomic mass is 35.7. The van der Waals surface area contributed by atoms with Gasteiger partial charge in [-0.15, -0.1) is 0 Å². The molecule has 1 unspecified atom stereocenters. The molecule has 168 valence electrons. The number of methoxy groups -OCH3 is 1. The maximum atomic E-state index is 14.7. The molecule has 31 heavy (non-hydrogen) atoms. The zero-order valence-electron chi connectivity index (χ0n) is 17.3. The molecule has 0 saturated heterocycles. The monoisotopic (exact) mass is 487 g/mol.